The highest BCUT2D eigenvalue weighted by atomic mass is 16.5. The van der Waals surface area contributed by atoms with Gasteiger partial charge in [0.2, 0.25) is 0 Å². The zero-order valence-electron chi connectivity index (χ0n) is 9.79. The zero-order chi connectivity index (χ0) is 11.3. The molecule has 2 N–H and O–H groups in total. The highest BCUT2D eigenvalue weighted by Crippen LogP contribution is 2.19. The second-order valence-electron chi connectivity index (χ2n) is 4.39. The van der Waals surface area contributed by atoms with Gasteiger partial charge in [0.05, 0.1) is 5.60 Å². The van der Waals surface area contributed by atoms with Gasteiger partial charge in [-0.25, -0.2) is 0 Å². The van der Waals surface area contributed by atoms with Gasteiger partial charge < -0.3 is 10.5 Å². The maximum atomic E-state index is 5.83. The predicted molar refractivity (Wildman–Crippen MR) is 62.7 cm³/mol. The fraction of sp³-hybridized carbons (Fsp3) is 0.583. The molecule has 1 aromatic heterocycles. The van der Waals surface area contributed by atoms with Gasteiger partial charge >= 0.3 is 0 Å². The van der Waals surface area contributed by atoms with Gasteiger partial charge in [0.15, 0.2) is 0 Å². The number of methoxy groups -OCH3 is 1. The van der Waals surface area contributed by atoms with Crippen LogP contribution in [0.1, 0.15) is 32.3 Å². The van der Waals surface area contributed by atoms with Gasteiger partial charge in [-0.1, -0.05) is 0 Å². The number of pyridine rings is 1. The number of nitrogen functional groups attached to an aromatic ring is 1. The quantitative estimate of drug-likeness (QED) is 0.808. The van der Waals surface area contributed by atoms with Crippen molar-refractivity contribution in [1.82, 2.24) is 4.98 Å². The standard InChI is InChI=1S/C12H20N2O/c1-12(2,15-3)7-4-5-10-9-14-8-6-11(10)13/h6,8-9H,4-5,7H2,1-3H3,(H2,13,14). The van der Waals surface area contributed by atoms with Crippen molar-refractivity contribution in [3.8, 4) is 0 Å². The molecule has 0 aliphatic heterocycles. The zero-order valence-corrected chi connectivity index (χ0v) is 9.79. The van der Waals surface area contributed by atoms with Crippen LogP contribution in [0.4, 0.5) is 5.69 Å². The monoisotopic (exact) mass is 208 g/mol. The molecular weight excluding hydrogens is 188 g/mol. The molecule has 0 fully saturated rings. The van der Waals surface area contributed by atoms with Gasteiger partial charge in [-0.2, -0.15) is 0 Å². The van der Waals surface area contributed by atoms with Crippen LogP contribution in [0.25, 0.3) is 0 Å². The normalized spacial score (nSPS) is 11.7. The Kier molecular flexibility index (Phi) is 4.09. The second-order valence-corrected chi connectivity index (χ2v) is 4.39. The van der Waals surface area contributed by atoms with Crippen LogP contribution in [0.5, 0.6) is 0 Å². The summed E-state index contributed by atoms with van der Waals surface area (Å²) in [7, 11) is 1.75. The molecule has 0 aliphatic carbocycles. The minimum Gasteiger partial charge on any atom is -0.398 e. The summed E-state index contributed by atoms with van der Waals surface area (Å²) in [6, 6.07) is 1.84. The van der Waals surface area contributed by atoms with E-state index in [-0.39, 0.29) is 5.60 Å². The van der Waals surface area contributed by atoms with Crippen molar-refractivity contribution < 1.29 is 4.74 Å². The van der Waals surface area contributed by atoms with E-state index in [2.05, 4.69) is 18.8 Å². The molecule has 0 unspecified atom stereocenters. The Morgan fingerprint density at radius 1 is 1.47 bits per heavy atom. The molecular formula is C12H20N2O. The molecule has 0 spiro atoms. The largest absolute Gasteiger partial charge is 0.398 e. The number of ether oxygens (including phenoxy) is 1. The fourth-order valence-corrected chi connectivity index (χ4v) is 1.45. The van der Waals surface area contributed by atoms with Gasteiger partial charge in [0.1, 0.15) is 0 Å². The first-order valence-electron chi connectivity index (χ1n) is 5.29. The van der Waals surface area contributed by atoms with Crippen molar-refractivity contribution in [3.63, 3.8) is 0 Å². The lowest BCUT2D eigenvalue weighted by Gasteiger charge is -2.22. The van der Waals surface area contributed by atoms with E-state index in [0.29, 0.717) is 0 Å². The first-order chi connectivity index (χ1) is 7.05. The lowest BCUT2D eigenvalue weighted by atomic mass is 9.99. The van der Waals surface area contributed by atoms with Crippen LogP contribution in [-0.2, 0) is 11.2 Å². The highest BCUT2D eigenvalue weighted by molar-refractivity contribution is 5.44. The van der Waals surface area contributed by atoms with E-state index in [4.69, 9.17) is 10.5 Å². The third kappa shape index (κ3) is 3.88. The maximum Gasteiger partial charge on any atom is 0.0622 e. The van der Waals surface area contributed by atoms with Crippen LogP contribution in [0.3, 0.4) is 0 Å². The summed E-state index contributed by atoms with van der Waals surface area (Å²) >= 11 is 0. The fourth-order valence-electron chi connectivity index (χ4n) is 1.45. The molecule has 1 aromatic rings. The Hall–Kier alpha value is -1.09. The van der Waals surface area contributed by atoms with E-state index in [1.165, 1.54) is 0 Å². The first-order valence-corrected chi connectivity index (χ1v) is 5.29. The summed E-state index contributed by atoms with van der Waals surface area (Å²) < 4.78 is 5.36. The molecule has 0 aromatic carbocycles. The Labute approximate surface area is 91.7 Å². The van der Waals surface area contributed by atoms with E-state index in [1.54, 1.807) is 13.3 Å². The lowest BCUT2D eigenvalue weighted by molar-refractivity contribution is 0.0140. The second kappa shape index (κ2) is 5.12. The SMILES string of the molecule is COC(C)(C)CCCc1cnccc1N. The average Bonchev–Trinajstić information content (AvgIpc) is 2.21. The van der Waals surface area contributed by atoms with Crippen molar-refractivity contribution in [2.24, 2.45) is 0 Å². The van der Waals surface area contributed by atoms with Gasteiger partial charge in [-0.05, 0) is 44.7 Å². The molecule has 84 valence electrons. The number of aromatic nitrogens is 1. The molecule has 0 aliphatic rings. The molecule has 0 saturated carbocycles. The third-order valence-corrected chi connectivity index (χ3v) is 2.72. The molecule has 0 radical (unpaired) electrons. The highest BCUT2D eigenvalue weighted by Gasteiger charge is 2.15. The molecule has 3 nitrogen and oxygen atoms in total. The Bertz CT molecular complexity index is 310. The minimum atomic E-state index is -0.0447. The smallest absolute Gasteiger partial charge is 0.0622 e. The van der Waals surface area contributed by atoms with E-state index >= 15 is 0 Å². The van der Waals surface area contributed by atoms with Gasteiger partial charge in [-0.3, -0.25) is 4.98 Å². The molecule has 3 heteroatoms. The van der Waals surface area contributed by atoms with Gasteiger partial charge in [0, 0.05) is 25.2 Å². The summed E-state index contributed by atoms with van der Waals surface area (Å²) in [5.41, 5.74) is 7.75. The Balaban J connectivity index is 2.42. The third-order valence-electron chi connectivity index (χ3n) is 2.72. The lowest BCUT2D eigenvalue weighted by Crippen LogP contribution is -2.22. The van der Waals surface area contributed by atoms with Gasteiger partial charge in [-0.15, -0.1) is 0 Å². The van der Waals surface area contributed by atoms with Crippen LogP contribution in [0.15, 0.2) is 18.5 Å². The summed E-state index contributed by atoms with van der Waals surface area (Å²) in [5.74, 6) is 0. The summed E-state index contributed by atoms with van der Waals surface area (Å²) in [5, 5.41) is 0. The predicted octanol–water partition coefficient (Wildman–Crippen LogP) is 2.41. The van der Waals surface area contributed by atoms with Crippen molar-refractivity contribution in [2.45, 2.75) is 38.7 Å². The van der Waals surface area contributed by atoms with E-state index < -0.39 is 0 Å². The molecule has 0 saturated heterocycles. The van der Waals surface area contributed by atoms with Crippen molar-refractivity contribution in [1.29, 1.82) is 0 Å². The van der Waals surface area contributed by atoms with Crippen molar-refractivity contribution >= 4 is 5.69 Å². The number of rotatable bonds is 5. The van der Waals surface area contributed by atoms with Crippen molar-refractivity contribution in [2.75, 3.05) is 12.8 Å². The average molecular weight is 208 g/mol. The van der Waals surface area contributed by atoms with E-state index in [1.807, 2.05) is 12.3 Å². The van der Waals surface area contributed by atoms with Crippen LogP contribution in [0, 0.1) is 0 Å². The molecule has 0 bridgehead atoms. The van der Waals surface area contributed by atoms with Gasteiger partial charge in [0.25, 0.3) is 0 Å². The topological polar surface area (TPSA) is 48.1 Å². The van der Waals surface area contributed by atoms with Crippen LogP contribution in [0.2, 0.25) is 0 Å². The van der Waals surface area contributed by atoms with E-state index in [0.717, 1.165) is 30.5 Å². The summed E-state index contributed by atoms with van der Waals surface area (Å²) in [6.07, 6.45) is 6.62. The molecule has 0 amide bonds. The Morgan fingerprint density at radius 3 is 2.80 bits per heavy atom. The van der Waals surface area contributed by atoms with E-state index in [9.17, 15) is 0 Å². The maximum absolute atomic E-state index is 5.83. The minimum absolute atomic E-state index is 0.0447. The van der Waals surface area contributed by atoms with Crippen LogP contribution < -0.4 is 5.73 Å². The molecule has 15 heavy (non-hydrogen) atoms. The number of nitrogens with zero attached hydrogens (tertiary/aromatic N) is 1. The number of nitrogens with two attached hydrogens (primary N) is 1. The molecule has 1 rings (SSSR count). The van der Waals surface area contributed by atoms with Crippen LogP contribution in [-0.4, -0.2) is 17.7 Å². The number of aryl methyl sites for hydroxylation is 1. The Morgan fingerprint density at radius 2 is 2.20 bits per heavy atom. The molecule has 1 heterocycles. The molecule has 0 atom stereocenters. The first kappa shape index (κ1) is 12.0. The number of hydrogen-bond acceptors (Lipinski definition) is 3. The number of hydrogen-bond donors (Lipinski definition) is 1. The van der Waals surface area contributed by atoms with Crippen molar-refractivity contribution in [3.05, 3.63) is 24.0 Å². The summed E-state index contributed by atoms with van der Waals surface area (Å²) in [4.78, 5) is 4.07. The number of anilines is 1. The summed E-state index contributed by atoms with van der Waals surface area (Å²) in [6.45, 7) is 4.19. The van der Waals surface area contributed by atoms with Crippen LogP contribution >= 0.6 is 0 Å².